The topological polar surface area (TPSA) is 0 Å². The summed E-state index contributed by atoms with van der Waals surface area (Å²) in [5.41, 5.74) is -8.48. The van der Waals surface area contributed by atoms with Crippen LogP contribution in [0.3, 0.4) is 0 Å². The van der Waals surface area contributed by atoms with E-state index in [2.05, 4.69) is 13.8 Å². The van der Waals surface area contributed by atoms with Gasteiger partial charge in [-0.15, -0.1) is 0 Å². The zero-order valence-electron chi connectivity index (χ0n) is 14.2. The second-order valence-electron chi connectivity index (χ2n) is 5.97. The van der Waals surface area contributed by atoms with Gasteiger partial charge in [0.2, 0.25) is 0 Å². The molecule has 0 bridgehead atoms. The van der Waals surface area contributed by atoms with Gasteiger partial charge in [-0.05, 0) is 0 Å². The number of halogens is 16. The summed E-state index contributed by atoms with van der Waals surface area (Å²) in [6, 6.07) is 0. The van der Waals surface area contributed by atoms with E-state index in [1.165, 1.54) is 19.3 Å². The van der Waals surface area contributed by atoms with Crippen LogP contribution in [-0.4, -0.2) is 42.0 Å². The molecule has 16 heteroatoms. The molecule has 0 aliphatic heterocycles. The Labute approximate surface area is 152 Å². The van der Waals surface area contributed by atoms with Crippen LogP contribution < -0.4 is 0 Å². The predicted octanol–water partition coefficient (Wildman–Crippen LogP) is 7.48. The molecular weight excluding hydrogens is 460 g/mol. The molecule has 29 heavy (non-hydrogen) atoms. The normalized spacial score (nSPS) is 26.3. The summed E-state index contributed by atoms with van der Waals surface area (Å²) in [4.78, 5) is 0. The Morgan fingerprint density at radius 2 is 0.655 bits per heavy atom. The lowest BCUT2D eigenvalue weighted by Crippen LogP contribution is -2.87. The van der Waals surface area contributed by atoms with Gasteiger partial charge in [-0.2, -0.15) is 70.2 Å². The van der Waals surface area contributed by atoms with E-state index < -0.39 is 47.4 Å². The Kier molecular flexibility index (Phi) is 6.96. The van der Waals surface area contributed by atoms with E-state index in [0.29, 0.717) is 0 Å². The molecule has 0 saturated heterocycles. The fourth-order valence-corrected chi connectivity index (χ4v) is 2.49. The minimum Gasteiger partial charge on any atom is -0.198 e. The van der Waals surface area contributed by atoms with Crippen molar-refractivity contribution in [2.75, 3.05) is 0 Å². The van der Waals surface area contributed by atoms with Crippen LogP contribution in [0, 0.1) is 5.41 Å². The molecule has 0 unspecified atom stereocenters. The van der Waals surface area contributed by atoms with Crippen molar-refractivity contribution >= 4 is 0 Å². The van der Waals surface area contributed by atoms with E-state index in [4.69, 9.17) is 0 Å². The standard InChI is InChI=1S/C8F16.C5H12/c9-2(10)1(7(19,20)21,8(22,23)24)3(11,12)5(15,16)6(17,18)4(2,13)14;1-3-5-4-2/h;3-5H2,1-2H3. The minimum atomic E-state index is -8.48. The van der Waals surface area contributed by atoms with Crippen molar-refractivity contribution in [2.45, 2.75) is 75.1 Å². The third-order valence-electron chi connectivity index (χ3n) is 4.08. The third-order valence-corrected chi connectivity index (χ3v) is 4.08. The summed E-state index contributed by atoms with van der Waals surface area (Å²) < 4.78 is 204. The Bertz CT molecular complexity index is 518. The molecule has 0 atom stereocenters. The molecule has 0 aromatic rings. The number of alkyl halides is 16. The summed E-state index contributed by atoms with van der Waals surface area (Å²) in [7, 11) is 0. The van der Waals surface area contributed by atoms with E-state index in [-0.39, 0.29) is 0 Å². The van der Waals surface area contributed by atoms with Crippen molar-refractivity contribution < 1.29 is 70.2 Å². The lowest BCUT2D eigenvalue weighted by atomic mass is 9.62. The summed E-state index contributed by atoms with van der Waals surface area (Å²) in [5, 5.41) is 0. The maximum Gasteiger partial charge on any atom is 0.415 e. The molecule has 0 nitrogen and oxygen atoms in total. The fourth-order valence-electron chi connectivity index (χ4n) is 2.49. The summed E-state index contributed by atoms with van der Waals surface area (Å²) in [6.07, 6.45) is -12.4. The Morgan fingerprint density at radius 1 is 0.448 bits per heavy atom. The molecule has 1 rings (SSSR count). The van der Waals surface area contributed by atoms with Crippen LogP contribution in [0.2, 0.25) is 0 Å². The smallest absolute Gasteiger partial charge is 0.198 e. The van der Waals surface area contributed by atoms with E-state index in [9.17, 15) is 70.2 Å². The van der Waals surface area contributed by atoms with Gasteiger partial charge in [0.05, 0.1) is 0 Å². The summed E-state index contributed by atoms with van der Waals surface area (Å²) in [5.74, 6) is -41.0. The second kappa shape index (κ2) is 7.24. The first-order valence-electron chi connectivity index (χ1n) is 7.44. The Hall–Kier alpha value is -1.12. The van der Waals surface area contributed by atoms with Crippen LogP contribution in [0.5, 0.6) is 0 Å². The quantitative estimate of drug-likeness (QED) is 0.366. The minimum absolute atomic E-state index is 1.34. The molecule has 0 heterocycles. The van der Waals surface area contributed by atoms with Gasteiger partial charge < -0.3 is 0 Å². The van der Waals surface area contributed by atoms with Crippen LogP contribution in [0.1, 0.15) is 33.1 Å². The summed E-state index contributed by atoms with van der Waals surface area (Å²) in [6.45, 7) is 4.42. The molecule has 1 fully saturated rings. The van der Waals surface area contributed by atoms with E-state index >= 15 is 0 Å². The molecule has 0 amide bonds. The number of hydrogen-bond donors (Lipinski definition) is 0. The number of unbranched alkanes of at least 4 members (excludes halogenated alkanes) is 2. The lowest BCUT2D eigenvalue weighted by Gasteiger charge is -2.56. The van der Waals surface area contributed by atoms with Crippen LogP contribution in [0.25, 0.3) is 0 Å². The van der Waals surface area contributed by atoms with Gasteiger partial charge in [0.15, 0.2) is 0 Å². The lowest BCUT2D eigenvalue weighted by molar-refractivity contribution is -0.557. The molecule has 0 aromatic carbocycles. The van der Waals surface area contributed by atoms with Gasteiger partial charge in [-0.1, -0.05) is 33.1 Å². The van der Waals surface area contributed by atoms with E-state index in [1.54, 1.807) is 0 Å². The van der Waals surface area contributed by atoms with Crippen molar-refractivity contribution in [3.05, 3.63) is 0 Å². The predicted molar refractivity (Wildman–Crippen MR) is 64.5 cm³/mol. The van der Waals surface area contributed by atoms with Crippen LogP contribution in [0.15, 0.2) is 0 Å². The van der Waals surface area contributed by atoms with Gasteiger partial charge in [-0.3, -0.25) is 0 Å². The molecular formula is C13H12F16. The highest BCUT2D eigenvalue weighted by Crippen LogP contribution is 2.78. The van der Waals surface area contributed by atoms with Crippen molar-refractivity contribution in [3.8, 4) is 0 Å². The zero-order valence-corrected chi connectivity index (χ0v) is 14.2. The highest BCUT2D eigenvalue weighted by molar-refractivity contribution is 5.28. The summed E-state index contributed by atoms with van der Waals surface area (Å²) >= 11 is 0. The van der Waals surface area contributed by atoms with E-state index in [1.807, 2.05) is 0 Å². The Balaban J connectivity index is 0.00000139. The first kappa shape index (κ1) is 27.9. The van der Waals surface area contributed by atoms with Gasteiger partial charge in [0.25, 0.3) is 5.41 Å². The van der Waals surface area contributed by atoms with Crippen molar-refractivity contribution in [2.24, 2.45) is 5.41 Å². The molecule has 1 aliphatic rings. The SMILES string of the molecule is CCCCC.FC(F)(F)C1(C(F)(F)F)C(F)(F)C(F)(F)C(F)(F)C(F)(F)C1(F)F. The van der Waals surface area contributed by atoms with Gasteiger partial charge in [0, 0.05) is 0 Å². The first-order chi connectivity index (χ1) is 12.4. The monoisotopic (exact) mass is 472 g/mol. The van der Waals surface area contributed by atoms with Crippen molar-refractivity contribution in [3.63, 3.8) is 0 Å². The largest absolute Gasteiger partial charge is 0.415 e. The molecule has 1 saturated carbocycles. The molecule has 0 aromatic heterocycles. The molecule has 0 spiro atoms. The zero-order chi connectivity index (χ0) is 24.1. The third kappa shape index (κ3) is 3.13. The van der Waals surface area contributed by atoms with Crippen LogP contribution in [-0.2, 0) is 0 Å². The van der Waals surface area contributed by atoms with Crippen LogP contribution in [0.4, 0.5) is 70.2 Å². The van der Waals surface area contributed by atoms with Gasteiger partial charge in [-0.25, -0.2) is 0 Å². The number of rotatable bonds is 2. The molecule has 1 aliphatic carbocycles. The maximum absolute atomic E-state index is 13.1. The van der Waals surface area contributed by atoms with Crippen molar-refractivity contribution in [1.29, 1.82) is 0 Å². The van der Waals surface area contributed by atoms with Gasteiger partial charge >= 0.3 is 42.0 Å². The average molecular weight is 472 g/mol. The van der Waals surface area contributed by atoms with E-state index in [0.717, 1.165) is 0 Å². The highest BCUT2D eigenvalue weighted by Gasteiger charge is 3.09. The van der Waals surface area contributed by atoms with Crippen LogP contribution >= 0.6 is 0 Å². The average Bonchev–Trinajstić information content (AvgIpc) is 2.43. The fraction of sp³-hybridized carbons (Fsp3) is 1.00. The Morgan fingerprint density at radius 3 is 0.793 bits per heavy atom. The first-order valence-corrected chi connectivity index (χ1v) is 7.44. The van der Waals surface area contributed by atoms with Crippen molar-refractivity contribution in [1.82, 2.24) is 0 Å². The maximum atomic E-state index is 13.1. The second-order valence-corrected chi connectivity index (χ2v) is 5.97. The molecule has 0 N–H and O–H groups in total. The molecule has 176 valence electrons. The number of hydrogen-bond acceptors (Lipinski definition) is 0. The molecule has 0 radical (unpaired) electrons. The van der Waals surface area contributed by atoms with Gasteiger partial charge in [0.1, 0.15) is 0 Å². The highest BCUT2D eigenvalue weighted by atomic mass is 19.4.